The Kier molecular flexibility index (Phi) is 7.08. The van der Waals surface area contributed by atoms with E-state index in [0.717, 1.165) is 62.9 Å². The summed E-state index contributed by atoms with van der Waals surface area (Å²) in [6, 6.07) is 2.43. The van der Waals surface area contributed by atoms with E-state index in [4.69, 9.17) is 14.2 Å². The first kappa shape index (κ1) is 33.6. The number of ether oxygens (including phenoxy) is 3. The van der Waals surface area contributed by atoms with E-state index in [1.165, 1.54) is 47.1 Å². The number of esters is 1. The van der Waals surface area contributed by atoms with Crippen LogP contribution in [0.2, 0.25) is 0 Å². The smallest absolute Gasteiger partial charge is 0.311 e. The molecule has 8 rings (SSSR count). The monoisotopic (exact) mass is 666 g/mol. The number of hydrogen-bond donors (Lipinski definition) is 0. The molecule has 7 aliphatic rings. The SMILES string of the molecule is C=C(C)C1CCC(C)[C@]23CC=C(C)[C@@]2(C1)Oc1cc2c(c(C)c1O3)C=CC1[C@@]2(C)CC[C@@]2(C)C3C[C@](C)(C(=O)OC)CC[C@]3(C)CC[C@]12C. The van der Waals surface area contributed by atoms with Gasteiger partial charge in [-0.3, -0.25) is 4.79 Å². The van der Waals surface area contributed by atoms with E-state index < -0.39 is 11.0 Å². The van der Waals surface area contributed by atoms with Gasteiger partial charge in [0.15, 0.2) is 22.7 Å². The predicted octanol–water partition coefficient (Wildman–Crippen LogP) is 11.1. The average molecular weight is 667 g/mol. The molecule has 0 radical (unpaired) electrons. The Morgan fingerprint density at radius 3 is 2.37 bits per heavy atom. The Balaban J connectivity index is 1.21. The fraction of sp³-hybridized carbons (Fsp3) is 0.711. The van der Waals surface area contributed by atoms with Crippen LogP contribution in [0.4, 0.5) is 0 Å². The molecule has 0 amide bonds. The predicted molar refractivity (Wildman–Crippen MR) is 198 cm³/mol. The number of methoxy groups -OCH3 is 1. The first-order chi connectivity index (χ1) is 22.9. The highest BCUT2D eigenvalue weighted by Crippen LogP contribution is 2.75. The van der Waals surface area contributed by atoms with Crippen LogP contribution in [0.5, 0.6) is 11.5 Å². The van der Waals surface area contributed by atoms with E-state index in [9.17, 15) is 4.79 Å². The highest BCUT2D eigenvalue weighted by molar-refractivity contribution is 5.76. The lowest BCUT2D eigenvalue weighted by Crippen LogP contribution is -2.65. The number of fused-ring (bicyclic) bond motifs is 8. The molecule has 1 aromatic carbocycles. The molecule has 4 unspecified atom stereocenters. The fourth-order valence-corrected chi connectivity index (χ4v) is 13.7. The van der Waals surface area contributed by atoms with Crippen LogP contribution in [0.3, 0.4) is 0 Å². The maximum absolute atomic E-state index is 13.2. The molecule has 266 valence electrons. The maximum Gasteiger partial charge on any atom is 0.311 e. The van der Waals surface area contributed by atoms with Crippen molar-refractivity contribution in [3.8, 4) is 11.5 Å². The molecule has 4 heteroatoms. The van der Waals surface area contributed by atoms with Gasteiger partial charge in [0.25, 0.3) is 0 Å². The van der Waals surface area contributed by atoms with Crippen LogP contribution >= 0.6 is 0 Å². The minimum atomic E-state index is -0.469. The molecule has 0 spiro atoms. The second-order valence-electron chi connectivity index (χ2n) is 19.6. The highest BCUT2D eigenvalue weighted by atomic mass is 16.6. The van der Waals surface area contributed by atoms with E-state index >= 15 is 0 Å². The van der Waals surface area contributed by atoms with Gasteiger partial charge in [-0.15, -0.1) is 0 Å². The van der Waals surface area contributed by atoms with Crippen LogP contribution in [-0.2, 0) is 14.9 Å². The van der Waals surface area contributed by atoms with Gasteiger partial charge in [0.05, 0.1) is 12.5 Å². The zero-order valence-corrected chi connectivity index (χ0v) is 32.2. The van der Waals surface area contributed by atoms with Crippen molar-refractivity contribution in [2.45, 2.75) is 150 Å². The number of carbonyl (C=O) groups excluding carboxylic acids is 1. The third-order valence-electron chi connectivity index (χ3n) is 17.4. The van der Waals surface area contributed by atoms with Crippen molar-refractivity contribution in [3.05, 3.63) is 52.6 Å². The largest absolute Gasteiger partial charge is 0.478 e. The summed E-state index contributed by atoms with van der Waals surface area (Å²) < 4.78 is 20.4. The van der Waals surface area contributed by atoms with Gasteiger partial charge >= 0.3 is 5.97 Å². The molecule has 0 saturated heterocycles. The molecule has 4 nitrogen and oxygen atoms in total. The lowest BCUT2D eigenvalue weighted by atomic mass is 9.33. The van der Waals surface area contributed by atoms with E-state index in [0.29, 0.717) is 23.7 Å². The molecule has 4 fully saturated rings. The summed E-state index contributed by atoms with van der Waals surface area (Å²) in [6.07, 6.45) is 19.3. The maximum atomic E-state index is 13.2. The van der Waals surface area contributed by atoms with Crippen molar-refractivity contribution >= 4 is 12.0 Å². The number of allylic oxidation sites excluding steroid dienone is 2. The number of benzene rings is 1. The van der Waals surface area contributed by atoms with Gasteiger partial charge in [0, 0.05) is 29.7 Å². The topological polar surface area (TPSA) is 44.8 Å². The van der Waals surface area contributed by atoms with Crippen LogP contribution < -0.4 is 9.47 Å². The molecule has 1 aliphatic heterocycles. The van der Waals surface area contributed by atoms with Crippen molar-refractivity contribution in [3.63, 3.8) is 0 Å². The van der Waals surface area contributed by atoms with Gasteiger partial charge in [-0.25, -0.2) is 0 Å². The molecule has 0 aromatic heterocycles. The zero-order chi connectivity index (χ0) is 35.2. The highest BCUT2D eigenvalue weighted by Gasteiger charge is 2.69. The minimum Gasteiger partial charge on any atom is -0.478 e. The van der Waals surface area contributed by atoms with Crippen LogP contribution in [-0.4, -0.2) is 24.3 Å². The molecule has 49 heavy (non-hydrogen) atoms. The fourth-order valence-electron chi connectivity index (χ4n) is 13.7. The quantitative estimate of drug-likeness (QED) is 0.233. The molecule has 6 aliphatic carbocycles. The lowest BCUT2D eigenvalue weighted by Gasteiger charge is -2.71. The summed E-state index contributed by atoms with van der Waals surface area (Å²) in [5.41, 5.74) is 5.86. The van der Waals surface area contributed by atoms with Crippen LogP contribution in [0.1, 0.15) is 143 Å². The minimum absolute atomic E-state index is 0.0146. The zero-order valence-electron chi connectivity index (χ0n) is 32.2. The number of rotatable bonds is 2. The van der Waals surface area contributed by atoms with E-state index in [-0.39, 0.29) is 33.2 Å². The van der Waals surface area contributed by atoms with Gasteiger partial charge in [-0.05, 0) is 142 Å². The van der Waals surface area contributed by atoms with Gasteiger partial charge in [-0.2, -0.15) is 0 Å². The Morgan fingerprint density at radius 2 is 1.65 bits per heavy atom. The first-order valence-corrected chi connectivity index (χ1v) is 19.6. The molecule has 1 aromatic rings. The summed E-state index contributed by atoms with van der Waals surface area (Å²) in [5, 5.41) is 0. The number of carbonyl (C=O) groups is 1. The summed E-state index contributed by atoms with van der Waals surface area (Å²) in [6.45, 7) is 26.1. The van der Waals surface area contributed by atoms with Crippen LogP contribution in [0.15, 0.2) is 35.9 Å². The van der Waals surface area contributed by atoms with Crippen LogP contribution in [0, 0.1) is 52.3 Å². The lowest BCUT2D eigenvalue weighted by molar-refractivity contribution is -0.205. The summed E-state index contributed by atoms with van der Waals surface area (Å²) in [5.74, 6) is 3.58. The van der Waals surface area contributed by atoms with Crippen molar-refractivity contribution in [2.75, 3.05) is 7.11 Å². The third-order valence-corrected chi connectivity index (χ3v) is 17.4. The van der Waals surface area contributed by atoms with E-state index in [1.54, 1.807) is 7.11 Å². The van der Waals surface area contributed by atoms with Crippen molar-refractivity contribution in [1.82, 2.24) is 0 Å². The Hall–Kier alpha value is -2.49. The van der Waals surface area contributed by atoms with E-state index in [2.05, 4.69) is 93.2 Å². The molecule has 0 N–H and O–H groups in total. The molecule has 0 bridgehead atoms. The summed E-state index contributed by atoms with van der Waals surface area (Å²) in [7, 11) is 1.57. The van der Waals surface area contributed by atoms with Crippen molar-refractivity contribution in [2.24, 2.45) is 45.3 Å². The molecular formula is C45H62O4. The molecular weight excluding hydrogens is 604 g/mol. The summed E-state index contributed by atoms with van der Waals surface area (Å²) in [4.78, 5) is 13.2. The summed E-state index contributed by atoms with van der Waals surface area (Å²) >= 11 is 0. The standard InChI is InChI=1S/C45H62O4/c1-27(2)31-13-12-28(3)44-17-16-29(4)45(44,25-31)48-34-24-33-32(30(5)37(34)49-44)14-15-35-41(33,8)21-23-43(10)36-26-40(7,38(46)47-11)19-18-39(36,6)20-22-42(35,43)9/h14-16,24,28,31,35-36H,1,12-13,17-23,25-26H2,2-11H3/t28?,31?,35?,36?,39-,40-,41+,42-,43+,44-,45-/m1/s1. The Morgan fingerprint density at radius 1 is 0.939 bits per heavy atom. The Labute approximate surface area is 296 Å². The van der Waals surface area contributed by atoms with Gasteiger partial charge in [-0.1, -0.05) is 65.0 Å². The van der Waals surface area contributed by atoms with Crippen LogP contribution in [0.25, 0.3) is 6.08 Å². The normalized spacial score (nSPS) is 47.6. The third kappa shape index (κ3) is 4.01. The molecule has 11 atom stereocenters. The van der Waals surface area contributed by atoms with Gasteiger partial charge in [0.2, 0.25) is 0 Å². The molecule has 1 heterocycles. The number of hydrogen-bond acceptors (Lipinski definition) is 4. The molecule has 4 saturated carbocycles. The second-order valence-corrected chi connectivity index (χ2v) is 19.6. The van der Waals surface area contributed by atoms with Gasteiger partial charge in [0.1, 0.15) is 0 Å². The van der Waals surface area contributed by atoms with Crippen molar-refractivity contribution < 1.29 is 19.0 Å². The van der Waals surface area contributed by atoms with E-state index in [1.807, 2.05) is 0 Å². The first-order valence-electron chi connectivity index (χ1n) is 19.6. The average Bonchev–Trinajstić information content (AvgIpc) is 3.27. The second kappa shape index (κ2) is 10.3. The van der Waals surface area contributed by atoms with Gasteiger partial charge < -0.3 is 14.2 Å². The Bertz CT molecular complexity index is 1700. The van der Waals surface area contributed by atoms with Crippen molar-refractivity contribution in [1.29, 1.82) is 0 Å².